The number of anilines is 1. The maximum atomic E-state index is 13.3. The van der Waals surface area contributed by atoms with Gasteiger partial charge in [0.15, 0.2) is 9.84 Å². The smallest absolute Gasteiger partial charge is 0.181 e. The Hall–Kier alpha value is -1.89. The van der Waals surface area contributed by atoms with E-state index in [9.17, 15) is 13.2 Å². The van der Waals surface area contributed by atoms with Crippen molar-refractivity contribution < 1.29 is 13.2 Å². The van der Waals surface area contributed by atoms with Gasteiger partial charge in [0, 0.05) is 48.3 Å². The summed E-state index contributed by atoms with van der Waals surface area (Å²) in [5, 5.41) is 0.250. The van der Waals surface area contributed by atoms with Crippen LogP contribution in [-0.2, 0) is 14.6 Å². The second-order valence-electron chi connectivity index (χ2n) is 10.7. The average Bonchev–Trinajstić information content (AvgIpc) is 3.29. The van der Waals surface area contributed by atoms with Crippen molar-refractivity contribution in [2.24, 2.45) is 0 Å². The van der Waals surface area contributed by atoms with Gasteiger partial charge in [0.25, 0.3) is 0 Å². The summed E-state index contributed by atoms with van der Waals surface area (Å²) in [7, 11) is -3.34. The summed E-state index contributed by atoms with van der Waals surface area (Å²) in [6, 6.07) is 16.1. The average molecular weight is 513 g/mol. The highest BCUT2D eigenvalue weighted by Gasteiger charge is 2.46. The van der Waals surface area contributed by atoms with E-state index in [1.165, 1.54) is 11.3 Å². The van der Waals surface area contributed by atoms with Crippen molar-refractivity contribution in [2.45, 2.75) is 85.6 Å². The number of hydrogen-bond acceptors (Lipinski definition) is 5. The summed E-state index contributed by atoms with van der Waals surface area (Å²) >= 11 is 5.97. The number of fused-ring (bicyclic) bond motifs is 5. The zero-order chi connectivity index (χ0) is 24.2. The second kappa shape index (κ2) is 9.20. The first-order valence-corrected chi connectivity index (χ1v) is 15.0. The summed E-state index contributed by atoms with van der Waals surface area (Å²) < 4.78 is 26.6. The number of piperidine rings is 1. The summed E-state index contributed by atoms with van der Waals surface area (Å²) in [6.45, 7) is 1.95. The summed E-state index contributed by atoms with van der Waals surface area (Å²) in [6.07, 6.45) is 7.43. The first-order chi connectivity index (χ1) is 16.9. The monoisotopic (exact) mass is 512 g/mol. The number of nitrogens with zero attached hydrogens (tertiary/aromatic N) is 2. The van der Waals surface area contributed by atoms with Crippen LogP contribution in [0.15, 0.2) is 53.4 Å². The summed E-state index contributed by atoms with van der Waals surface area (Å²) in [4.78, 5) is 18.2. The lowest BCUT2D eigenvalue weighted by atomic mass is 9.81. The molecule has 35 heavy (non-hydrogen) atoms. The predicted octanol–water partition coefficient (Wildman–Crippen LogP) is 5.22. The van der Waals surface area contributed by atoms with Crippen LogP contribution < -0.4 is 4.90 Å². The maximum Gasteiger partial charge on any atom is 0.181 e. The number of rotatable bonds is 6. The molecule has 2 saturated heterocycles. The van der Waals surface area contributed by atoms with Crippen molar-refractivity contribution >= 4 is 32.9 Å². The number of para-hydroxylation sites is 1. The number of Topliss-reactive ketones (excluding diaryl/α,β-unsaturated/α-hetero) is 1. The summed E-state index contributed by atoms with van der Waals surface area (Å²) in [5.41, 5.74) is 2.46. The molecule has 0 N–H and O–H groups in total. The molecule has 3 fully saturated rings. The van der Waals surface area contributed by atoms with Crippen LogP contribution in [0.1, 0.15) is 62.8 Å². The largest absolute Gasteiger partial charge is 0.367 e. The van der Waals surface area contributed by atoms with E-state index < -0.39 is 9.84 Å². The predicted molar refractivity (Wildman–Crippen MR) is 139 cm³/mol. The van der Waals surface area contributed by atoms with Crippen molar-refractivity contribution in [1.82, 2.24) is 4.90 Å². The van der Waals surface area contributed by atoms with Gasteiger partial charge >= 0.3 is 0 Å². The molecule has 4 aliphatic rings. The molecule has 0 amide bonds. The Bertz CT molecular complexity index is 1200. The third kappa shape index (κ3) is 4.11. The molecule has 2 aromatic rings. The van der Waals surface area contributed by atoms with Crippen molar-refractivity contribution in [2.75, 3.05) is 18.0 Å². The zero-order valence-electron chi connectivity index (χ0n) is 20.0. The van der Waals surface area contributed by atoms with Gasteiger partial charge in [0.1, 0.15) is 5.78 Å². The van der Waals surface area contributed by atoms with Gasteiger partial charge in [-0.3, -0.25) is 9.69 Å². The molecule has 1 aliphatic carbocycles. The van der Waals surface area contributed by atoms with E-state index in [-0.39, 0.29) is 11.2 Å². The Labute approximate surface area is 213 Å². The number of benzene rings is 2. The minimum Gasteiger partial charge on any atom is -0.367 e. The Kier molecular flexibility index (Phi) is 6.18. The lowest BCUT2D eigenvalue weighted by Gasteiger charge is -2.39. The van der Waals surface area contributed by atoms with Crippen molar-refractivity contribution in [1.29, 1.82) is 0 Å². The normalized spacial score (nSPS) is 30.4. The van der Waals surface area contributed by atoms with Crippen molar-refractivity contribution in [3.63, 3.8) is 0 Å². The van der Waals surface area contributed by atoms with Crippen LogP contribution in [0.4, 0.5) is 5.69 Å². The first-order valence-electron chi connectivity index (χ1n) is 13.1. The van der Waals surface area contributed by atoms with E-state index in [0.717, 1.165) is 45.2 Å². The molecule has 6 rings (SSSR count). The van der Waals surface area contributed by atoms with Gasteiger partial charge in [0.05, 0.1) is 16.1 Å². The van der Waals surface area contributed by atoms with Gasteiger partial charge in [0.2, 0.25) is 0 Å². The van der Waals surface area contributed by atoms with Crippen LogP contribution in [0.2, 0.25) is 5.02 Å². The minimum atomic E-state index is -3.34. The second-order valence-corrected chi connectivity index (χ2v) is 13.4. The molecule has 2 aromatic carbocycles. The highest BCUT2D eigenvalue weighted by Crippen LogP contribution is 2.46. The highest BCUT2D eigenvalue weighted by molar-refractivity contribution is 7.92. The lowest BCUT2D eigenvalue weighted by molar-refractivity contribution is -0.122. The third-order valence-corrected chi connectivity index (χ3v) is 11.3. The molecule has 5 nitrogen and oxygen atoms in total. The molecule has 4 atom stereocenters. The Morgan fingerprint density at radius 1 is 0.914 bits per heavy atom. The van der Waals surface area contributed by atoms with Crippen LogP contribution in [0.25, 0.3) is 0 Å². The van der Waals surface area contributed by atoms with Gasteiger partial charge < -0.3 is 4.90 Å². The maximum absolute atomic E-state index is 13.3. The van der Waals surface area contributed by atoms with E-state index in [0.29, 0.717) is 53.1 Å². The standard InChI is InChI=1S/C28H33ClN2O3S/c29-19-9-13-22(14-10-19)35(33,34)23-17-20-11-12-21(18-23)30(20)15-4-16-31-25-6-2-1-5-24(25)28-26(31)7-3-8-27(28)32/h1-2,5-6,9-10,13-14,20-21,23,26,28H,3-4,7-8,11-12,15-18H2. The molecular formula is C28H33ClN2O3S. The molecule has 0 aromatic heterocycles. The van der Waals surface area contributed by atoms with Crippen LogP contribution >= 0.6 is 11.6 Å². The number of carbonyl (C=O) groups is 1. The van der Waals surface area contributed by atoms with Gasteiger partial charge in [-0.1, -0.05) is 29.8 Å². The molecule has 4 unspecified atom stereocenters. The number of sulfone groups is 1. The van der Waals surface area contributed by atoms with Gasteiger partial charge in [-0.15, -0.1) is 0 Å². The third-order valence-electron chi connectivity index (χ3n) is 8.87. The van der Waals surface area contributed by atoms with E-state index >= 15 is 0 Å². The lowest BCUT2D eigenvalue weighted by Crippen LogP contribution is -2.48. The molecule has 7 heteroatoms. The Morgan fingerprint density at radius 3 is 2.37 bits per heavy atom. The first kappa shape index (κ1) is 23.5. The number of hydrogen-bond donors (Lipinski definition) is 0. The topological polar surface area (TPSA) is 57.7 Å². The van der Waals surface area contributed by atoms with Crippen LogP contribution in [-0.4, -0.2) is 55.6 Å². The van der Waals surface area contributed by atoms with Gasteiger partial charge in [-0.2, -0.15) is 0 Å². The van der Waals surface area contributed by atoms with Crippen LogP contribution in [0, 0.1) is 0 Å². The van der Waals surface area contributed by atoms with E-state index in [1.807, 2.05) is 0 Å². The number of carbonyl (C=O) groups excluding carboxylic acids is 1. The van der Waals surface area contributed by atoms with Crippen LogP contribution in [0.5, 0.6) is 0 Å². The quantitative estimate of drug-likeness (QED) is 0.530. The fourth-order valence-corrected chi connectivity index (χ4v) is 9.28. The molecule has 1 saturated carbocycles. The summed E-state index contributed by atoms with van der Waals surface area (Å²) in [5.74, 6) is 0.447. The zero-order valence-corrected chi connectivity index (χ0v) is 21.6. The van der Waals surface area contributed by atoms with Crippen molar-refractivity contribution in [3.8, 4) is 0 Å². The number of ketones is 1. The molecule has 3 aliphatic heterocycles. The molecule has 3 heterocycles. The van der Waals surface area contributed by atoms with Gasteiger partial charge in [-0.25, -0.2) is 8.42 Å². The molecule has 0 radical (unpaired) electrons. The minimum absolute atomic E-state index is 0.0462. The molecular weight excluding hydrogens is 480 g/mol. The van der Waals surface area contributed by atoms with E-state index in [2.05, 4.69) is 34.1 Å². The molecule has 0 spiro atoms. The number of halogens is 1. The van der Waals surface area contributed by atoms with Gasteiger partial charge in [-0.05, 0) is 80.8 Å². The Morgan fingerprint density at radius 2 is 1.63 bits per heavy atom. The highest BCUT2D eigenvalue weighted by atomic mass is 35.5. The fourth-order valence-electron chi connectivity index (χ4n) is 7.30. The van der Waals surface area contributed by atoms with Crippen LogP contribution in [0.3, 0.4) is 0 Å². The van der Waals surface area contributed by atoms with E-state index in [1.54, 1.807) is 24.3 Å². The molecule has 186 valence electrons. The Balaban J connectivity index is 1.11. The van der Waals surface area contributed by atoms with E-state index in [4.69, 9.17) is 11.6 Å². The fraction of sp³-hybridized carbons (Fsp3) is 0.536. The SMILES string of the molecule is O=C1CCCC2C1c1ccccc1N2CCCN1C2CCC1CC(S(=O)(=O)c1ccc(Cl)cc1)C2. The molecule has 2 bridgehead atoms. The van der Waals surface area contributed by atoms with Crippen molar-refractivity contribution in [3.05, 3.63) is 59.1 Å².